The lowest BCUT2D eigenvalue weighted by Gasteiger charge is -2.28. The van der Waals surface area contributed by atoms with Gasteiger partial charge >= 0.3 is 0 Å². The Labute approximate surface area is 180 Å². The van der Waals surface area contributed by atoms with E-state index in [1.54, 1.807) is 6.07 Å². The molecule has 0 aliphatic carbocycles. The molecule has 2 aliphatic heterocycles. The number of rotatable bonds is 3. The van der Waals surface area contributed by atoms with Gasteiger partial charge in [-0.3, -0.25) is 4.79 Å². The Hall–Kier alpha value is -1.83. The highest BCUT2D eigenvalue weighted by Gasteiger charge is 2.49. The topological polar surface area (TPSA) is 66.8 Å². The first-order chi connectivity index (χ1) is 13.7. The largest absolute Gasteiger partial charge is 0.315 e. The van der Waals surface area contributed by atoms with Crippen LogP contribution in [-0.2, 0) is 21.1 Å². The van der Waals surface area contributed by atoms with Gasteiger partial charge in [0.25, 0.3) is 5.91 Å². The molecule has 0 unspecified atom stereocenters. The zero-order valence-electron chi connectivity index (χ0n) is 16.1. The maximum Gasteiger partial charge on any atom is 0.252 e. The summed E-state index contributed by atoms with van der Waals surface area (Å²) >= 11 is 7.57. The molecule has 2 heterocycles. The van der Waals surface area contributed by atoms with Crippen molar-refractivity contribution in [2.24, 2.45) is 4.99 Å². The predicted molar refractivity (Wildman–Crippen MR) is 120 cm³/mol. The lowest BCUT2D eigenvalue weighted by molar-refractivity contribution is -0.117. The molecule has 2 fully saturated rings. The molecule has 1 amide bonds. The van der Waals surface area contributed by atoms with Crippen molar-refractivity contribution in [2.45, 2.75) is 31.6 Å². The first kappa shape index (κ1) is 20.4. The molecule has 29 heavy (non-hydrogen) atoms. The average Bonchev–Trinajstić information content (AvgIpc) is 3.09. The number of carbonyl (C=O) groups excluding carboxylic acids is 1. The predicted octanol–water partition coefficient (Wildman–Crippen LogP) is 3.80. The third kappa shape index (κ3) is 4.09. The van der Waals surface area contributed by atoms with E-state index in [2.05, 4.69) is 4.99 Å². The summed E-state index contributed by atoms with van der Waals surface area (Å²) in [7, 11) is -3.10. The number of amides is 1. The minimum atomic E-state index is -3.10. The van der Waals surface area contributed by atoms with Crippen LogP contribution in [0.2, 0.25) is 5.02 Å². The van der Waals surface area contributed by atoms with Gasteiger partial charge in [0.05, 0.1) is 24.0 Å². The summed E-state index contributed by atoms with van der Waals surface area (Å²) in [4.78, 5) is 19.1. The Kier molecular flexibility index (Phi) is 5.48. The molecule has 2 aliphatic rings. The molecule has 0 N–H and O–H groups in total. The van der Waals surface area contributed by atoms with Crippen LogP contribution in [-0.4, -0.2) is 42.3 Å². The van der Waals surface area contributed by atoms with Crippen LogP contribution in [0.25, 0.3) is 0 Å². The number of hydrogen-bond acceptors (Lipinski definition) is 4. The summed E-state index contributed by atoms with van der Waals surface area (Å²) in [5.74, 6) is -0.0999. The highest BCUT2D eigenvalue weighted by molar-refractivity contribution is 8.16. The smallest absolute Gasteiger partial charge is 0.252 e. The summed E-state index contributed by atoms with van der Waals surface area (Å²) in [6.45, 7) is 3.99. The Balaban J connectivity index is 1.71. The van der Waals surface area contributed by atoms with Crippen molar-refractivity contribution < 1.29 is 13.2 Å². The van der Waals surface area contributed by atoms with Gasteiger partial charge in [-0.05, 0) is 36.6 Å². The van der Waals surface area contributed by atoms with E-state index in [9.17, 15) is 13.2 Å². The molecule has 2 saturated heterocycles. The van der Waals surface area contributed by atoms with E-state index >= 15 is 0 Å². The number of aliphatic imine (C=N–C) groups is 1. The summed E-state index contributed by atoms with van der Waals surface area (Å²) < 4.78 is 24.5. The van der Waals surface area contributed by atoms with Gasteiger partial charge in [0.15, 0.2) is 15.0 Å². The number of anilines is 1. The number of hydrogen-bond donors (Lipinski definition) is 0. The van der Waals surface area contributed by atoms with Gasteiger partial charge in [0.2, 0.25) is 0 Å². The molecule has 2 atom stereocenters. The van der Waals surface area contributed by atoms with Crippen molar-refractivity contribution >= 4 is 50.0 Å². The molecule has 0 bridgehead atoms. The Morgan fingerprint density at radius 2 is 1.83 bits per heavy atom. The molecule has 0 spiro atoms. The van der Waals surface area contributed by atoms with Crippen LogP contribution in [0, 0.1) is 13.8 Å². The number of nitrogens with zero attached hydrogens (tertiary/aromatic N) is 2. The number of amidine groups is 1. The quantitative estimate of drug-likeness (QED) is 0.714. The van der Waals surface area contributed by atoms with Gasteiger partial charge in [-0.15, -0.1) is 0 Å². The Morgan fingerprint density at radius 3 is 2.52 bits per heavy atom. The molecule has 2 aromatic rings. The fraction of sp³-hybridized carbons (Fsp3) is 0.333. The number of sulfone groups is 1. The minimum absolute atomic E-state index is 0.0795. The van der Waals surface area contributed by atoms with E-state index in [-0.39, 0.29) is 35.1 Å². The van der Waals surface area contributed by atoms with Gasteiger partial charge in [-0.2, -0.15) is 4.99 Å². The second kappa shape index (κ2) is 7.78. The molecule has 5 nitrogen and oxygen atoms in total. The Bertz CT molecular complexity index is 1090. The van der Waals surface area contributed by atoms with Crippen LogP contribution >= 0.6 is 23.4 Å². The number of thioether (sulfide) groups is 1. The van der Waals surface area contributed by atoms with Crippen molar-refractivity contribution in [2.75, 3.05) is 16.4 Å². The van der Waals surface area contributed by atoms with Crippen molar-refractivity contribution in [3.8, 4) is 0 Å². The molecular weight excluding hydrogens is 428 g/mol. The number of fused-ring (bicyclic) bond motifs is 1. The number of carbonyl (C=O) groups is 1. The standard InChI is InChI=1S/C21H21ClN2O3S2/c1-13-6-5-7-14(2)20(13)24-17-11-29(26,27)12-18(17)28-21(24)23-19(25)10-15-8-3-4-9-16(15)22/h3-9,17-18H,10-12H2,1-2H3/t17-,18-/m0/s1. The third-order valence-electron chi connectivity index (χ3n) is 5.27. The van der Waals surface area contributed by atoms with Crippen LogP contribution in [0.15, 0.2) is 47.5 Å². The summed E-state index contributed by atoms with van der Waals surface area (Å²) in [6.07, 6.45) is 0.109. The fourth-order valence-electron chi connectivity index (χ4n) is 3.96. The fourth-order valence-corrected chi connectivity index (χ4v) is 8.08. The normalized spacial score (nSPS) is 24.1. The lowest BCUT2D eigenvalue weighted by Crippen LogP contribution is -2.38. The highest BCUT2D eigenvalue weighted by atomic mass is 35.5. The van der Waals surface area contributed by atoms with E-state index < -0.39 is 9.84 Å². The molecular formula is C21H21ClN2O3S2. The summed E-state index contributed by atoms with van der Waals surface area (Å²) in [5, 5.41) is 0.991. The zero-order valence-corrected chi connectivity index (χ0v) is 18.5. The first-order valence-corrected chi connectivity index (χ1v) is 12.4. The van der Waals surface area contributed by atoms with Gasteiger partial charge in [0.1, 0.15) is 0 Å². The van der Waals surface area contributed by atoms with Crippen molar-refractivity contribution in [3.05, 3.63) is 64.2 Å². The molecule has 152 valence electrons. The third-order valence-corrected chi connectivity index (χ3v) is 8.85. The van der Waals surface area contributed by atoms with Crippen LogP contribution in [0.5, 0.6) is 0 Å². The van der Waals surface area contributed by atoms with E-state index in [0.29, 0.717) is 10.2 Å². The van der Waals surface area contributed by atoms with Crippen molar-refractivity contribution in [1.82, 2.24) is 0 Å². The summed E-state index contributed by atoms with van der Waals surface area (Å²) in [6, 6.07) is 13.0. The maximum atomic E-state index is 12.7. The SMILES string of the molecule is Cc1cccc(C)c1N1C(=NC(=O)Cc2ccccc2Cl)S[C@H]2CS(=O)(=O)C[C@@H]21. The maximum absolute atomic E-state index is 12.7. The minimum Gasteiger partial charge on any atom is -0.315 e. The van der Waals surface area contributed by atoms with Gasteiger partial charge < -0.3 is 4.90 Å². The van der Waals surface area contributed by atoms with Crippen molar-refractivity contribution in [1.29, 1.82) is 0 Å². The molecule has 4 rings (SSSR count). The van der Waals surface area contributed by atoms with Crippen LogP contribution in [0.3, 0.4) is 0 Å². The molecule has 8 heteroatoms. The zero-order chi connectivity index (χ0) is 20.8. The van der Waals surface area contributed by atoms with E-state index in [1.165, 1.54) is 11.8 Å². The van der Waals surface area contributed by atoms with E-state index in [0.717, 1.165) is 22.4 Å². The van der Waals surface area contributed by atoms with Crippen molar-refractivity contribution in [3.63, 3.8) is 0 Å². The first-order valence-electron chi connectivity index (χ1n) is 9.32. The van der Waals surface area contributed by atoms with E-state index in [1.807, 2.05) is 55.1 Å². The van der Waals surface area contributed by atoms with E-state index in [4.69, 9.17) is 11.6 Å². The monoisotopic (exact) mass is 448 g/mol. The number of halogens is 1. The van der Waals surface area contributed by atoms with Gasteiger partial charge in [0, 0.05) is 16.0 Å². The Morgan fingerprint density at radius 1 is 1.14 bits per heavy atom. The second-order valence-corrected chi connectivity index (χ2v) is 11.2. The lowest BCUT2D eigenvalue weighted by atomic mass is 10.1. The molecule has 2 aromatic carbocycles. The van der Waals surface area contributed by atoms with Crippen LogP contribution in [0.1, 0.15) is 16.7 Å². The molecule has 0 saturated carbocycles. The molecule has 0 aromatic heterocycles. The second-order valence-electron chi connectivity index (χ2n) is 7.47. The summed E-state index contributed by atoms with van der Waals surface area (Å²) in [5.41, 5.74) is 3.73. The van der Waals surface area contributed by atoms with Gasteiger partial charge in [-0.25, -0.2) is 8.42 Å². The number of aryl methyl sites for hydroxylation is 2. The average molecular weight is 449 g/mol. The van der Waals surface area contributed by atoms with Crippen LogP contribution in [0.4, 0.5) is 5.69 Å². The number of benzene rings is 2. The van der Waals surface area contributed by atoms with Crippen LogP contribution < -0.4 is 4.90 Å². The number of para-hydroxylation sites is 1. The van der Waals surface area contributed by atoms with Gasteiger partial charge in [-0.1, -0.05) is 59.8 Å². The highest BCUT2D eigenvalue weighted by Crippen LogP contribution is 2.43. The molecule has 0 radical (unpaired) electrons.